The Morgan fingerprint density at radius 3 is 2.68 bits per heavy atom. The standard InChI is InChI=1S/C20H24N4O/c1-13-6-7-14(2)20-19(13)17(15(3)24-20)11-18(25)23-10-9-22-16-5-4-8-21-12-16/h4-8,12,22,24H,9-11H2,1-3H3,(H,23,25). The van der Waals surface area contributed by atoms with Gasteiger partial charge in [-0.1, -0.05) is 12.1 Å². The summed E-state index contributed by atoms with van der Waals surface area (Å²) in [7, 11) is 0. The minimum Gasteiger partial charge on any atom is -0.382 e. The maximum atomic E-state index is 12.3. The van der Waals surface area contributed by atoms with Gasteiger partial charge in [-0.15, -0.1) is 0 Å². The van der Waals surface area contributed by atoms with Crippen LogP contribution in [-0.4, -0.2) is 29.0 Å². The summed E-state index contributed by atoms with van der Waals surface area (Å²) in [6.07, 6.45) is 3.89. The Morgan fingerprint density at radius 2 is 1.92 bits per heavy atom. The lowest BCUT2D eigenvalue weighted by atomic mass is 10.0. The first-order valence-electron chi connectivity index (χ1n) is 8.54. The van der Waals surface area contributed by atoms with E-state index in [2.05, 4.69) is 46.6 Å². The SMILES string of the molecule is Cc1[nH]c2c(C)ccc(C)c2c1CC(=O)NCCNc1cccnc1. The molecule has 130 valence electrons. The smallest absolute Gasteiger partial charge is 0.224 e. The van der Waals surface area contributed by atoms with Crippen molar-refractivity contribution in [3.8, 4) is 0 Å². The third-order valence-corrected chi connectivity index (χ3v) is 4.46. The number of nitrogens with one attached hydrogen (secondary N) is 3. The van der Waals surface area contributed by atoms with Crippen LogP contribution >= 0.6 is 0 Å². The van der Waals surface area contributed by atoms with Crippen LogP contribution in [0.25, 0.3) is 10.9 Å². The highest BCUT2D eigenvalue weighted by molar-refractivity contribution is 5.93. The zero-order valence-electron chi connectivity index (χ0n) is 14.9. The number of aryl methyl sites for hydroxylation is 3. The van der Waals surface area contributed by atoms with Gasteiger partial charge in [-0.25, -0.2) is 0 Å². The Labute approximate surface area is 147 Å². The molecule has 0 saturated carbocycles. The maximum absolute atomic E-state index is 12.3. The summed E-state index contributed by atoms with van der Waals surface area (Å²) < 4.78 is 0. The highest BCUT2D eigenvalue weighted by Crippen LogP contribution is 2.28. The van der Waals surface area contributed by atoms with Crippen molar-refractivity contribution in [2.24, 2.45) is 0 Å². The minimum absolute atomic E-state index is 0.0397. The molecule has 3 rings (SSSR count). The van der Waals surface area contributed by atoms with E-state index in [4.69, 9.17) is 0 Å². The molecule has 0 bridgehead atoms. The van der Waals surface area contributed by atoms with Crippen molar-refractivity contribution in [1.29, 1.82) is 0 Å². The number of amides is 1. The van der Waals surface area contributed by atoms with Crippen LogP contribution in [0.2, 0.25) is 0 Å². The molecule has 0 saturated heterocycles. The third kappa shape index (κ3) is 3.82. The van der Waals surface area contributed by atoms with Crippen LogP contribution in [0.5, 0.6) is 0 Å². The fraction of sp³-hybridized carbons (Fsp3) is 0.300. The van der Waals surface area contributed by atoms with E-state index in [-0.39, 0.29) is 5.91 Å². The Kier molecular flexibility index (Phi) is 5.03. The van der Waals surface area contributed by atoms with Gasteiger partial charge in [-0.05, 0) is 49.6 Å². The normalized spacial score (nSPS) is 10.8. The molecule has 1 aromatic carbocycles. The fourth-order valence-electron chi connectivity index (χ4n) is 3.13. The molecule has 0 spiro atoms. The molecular formula is C20H24N4O. The molecule has 0 aliphatic rings. The number of rotatable bonds is 6. The molecule has 3 aromatic rings. The quantitative estimate of drug-likeness (QED) is 0.605. The summed E-state index contributed by atoms with van der Waals surface area (Å²) in [4.78, 5) is 19.8. The third-order valence-electron chi connectivity index (χ3n) is 4.46. The molecule has 1 amide bonds. The molecule has 0 fully saturated rings. The number of carbonyl (C=O) groups is 1. The molecule has 0 aliphatic carbocycles. The van der Waals surface area contributed by atoms with E-state index in [0.29, 0.717) is 19.5 Å². The predicted molar refractivity (Wildman–Crippen MR) is 102 cm³/mol. The van der Waals surface area contributed by atoms with Gasteiger partial charge in [-0.3, -0.25) is 9.78 Å². The topological polar surface area (TPSA) is 69.8 Å². The van der Waals surface area contributed by atoms with Crippen LogP contribution in [0.1, 0.15) is 22.4 Å². The summed E-state index contributed by atoms with van der Waals surface area (Å²) >= 11 is 0. The van der Waals surface area contributed by atoms with Gasteiger partial charge >= 0.3 is 0 Å². The van der Waals surface area contributed by atoms with Gasteiger partial charge in [0, 0.05) is 42.1 Å². The van der Waals surface area contributed by atoms with Gasteiger partial charge in [-0.2, -0.15) is 0 Å². The van der Waals surface area contributed by atoms with Crippen molar-refractivity contribution < 1.29 is 4.79 Å². The fourth-order valence-corrected chi connectivity index (χ4v) is 3.13. The minimum atomic E-state index is 0.0397. The van der Waals surface area contributed by atoms with Crippen LogP contribution in [0, 0.1) is 20.8 Å². The molecule has 0 atom stereocenters. The zero-order valence-corrected chi connectivity index (χ0v) is 14.9. The lowest BCUT2D eigenvalue weighted by Crippen LogP contribution is -2.30. The van der Waals surface area contributed by atoms with E-state index in [1.165, 1.54) is 16.5 Å². The molecule has 2 heterocycles. The highest BCUT2D eigenvalue weighted by Gasteiger charge is 2.15. The second-order valence-electron chi connectivity index (χ2n) is 6.37. The van der Waals surface area contributed by atoms with Crippen LogP contribution < -0.4 is 10.6 Å². The monoisotopic (exact) mass is 336 g/mol. The van der Waals surface area contributed by atoms with Gasteiger partial charge in [0.05, 0.1) is 12.1 Å². The summed E-state index contributed by atoms with van der Waals surface area (Å²) in [5.41, 5.74) is 6.65. The molecule has 3 N–H and O–H groups in total. The van der Waals surface area contributed by atoms with E-state index < -0.39 is 0 Å². The summed E-state index contributed by atoms with van der Waals surface area (Å²) in [5.74, 6) is 0.0397. The molecule has 0 unspecified atom stereocenters. The zero-order chi connectivity index (χ0) is 17.8. The molecule has 0 aliphatic heterocycles. The number of pyridine rings is 1. The number of fused-ring (bicyclic) bond motifs is 1. The van der Waals surface area contributed by atoms with E-state index >= 15 is 0 Å². The van der Waals surface area contributed by atoms with Crippen molar-refractivity contribution in [2.75, 3.05) is 18.4 Å². The average Bonchev–Trinajstić information content (AvgIpc) is 2.94. The largest absolute Gasteiger partial charge is 0.382 e. The Balaban J connectivity index is 1.61. The molecule has 0 radical (unpaired) electrons. The van der Waals surface area contributed by atoms with Gasteiger partial charge in [0.2, 0.25) is 5.91 Å². The van der Waals surface area contributed by atoms with E-state index in [9.17, 15) is 4.79 Å². The summed E-state index contributed by atoms with van der Waals surface area (Å²) in [6.45, 7) is 7.46. The number of hydrogen-bond acceptors (Lipinski definition) is 3. The van der Waals surface area contributed by atoms with Gasteiger partial charge < -0.3 is 15.6 Å². The van der Waals surface area contributed by atoms with Crippen molar-refractivity contribution in [2.45, 2.75) is 27.2 Å². The lowest BCUT2D eigenvalue weighted by Gasteiger charge is -2.08. The predicted octanol–water partition coefficient (Wildman–Crippen LogP) is 3.26. The van der Waals surface area contributed by atoms with E-state index in [1.807, 2.05) is 19.1 Å². The second kappa shape index (κ2) is 7.38. The summed E-state index contributed by atoms with van der Waals surface area (Å²) in [5, 5.41) is 7.40. The highest BCUT2D eigenvalue weighted by atomic mass is 16.1. The van der Waals surface area contributed by atoms with Crippen molar-refractivity contribution in [3.63, 3.8) is 0 Å². The van der Waals surface area contributed by atoms with Crippen LogP contribution in [0.4, 0.5) is 5.69 Å². The maximum Gasteiger partial charge on any atom is 0.224 e. The second-order valence-corrected chi connectivity index (χ2v) is 6.37. The number of carbonyl (C=O) groups excluding carboxylic acids is 1. The van der Waals surface area contributed by atoms with Crippen molar-refractivity contribution in [1.82, 2.24) is 15.3 Å². The number of anilines is 1. The van der Waals surface area contributed by atoms with Crippen molar-refractivity contribution in [3.05, 3.63) is 59.0 Å². The van der Waals surface area contributed by atoms with E-state index in [1.54, 1.807) is 12.4 Å². The number of hydrogen-bond donors (Lipinski definition) is 3. The first-order valence-corrected chi connectivity index (χ1v) is 8.54. The van der Waals surface area contributed by atoms with Gasteiger partial charge in [0.1, 0.15) is 0 Å². The molecular weight excluding hydrogens is 312 g/mol. The first kappa shape index (κ1) is 17.0. The van der Waals surface area contributed by atoms with E-state index in [0.717, 1.165) is 22.5 Å². The summed E-state index contributed by atoms with van der Waals surface area (Å²) in [6, 6.07) is 8.06. The number of benzene rings is 1. The van der Waals surface area contributed by atoms with Crippen LogP contribution in [-0.2, 0) is 11.2 Å². The van der Waals surface area contributed by atoms with Gasteiger partial charge in [0.25, 0.3) is 0 Å². The molecule has 2 aromatic heterocycles. The average molecular weight is 336 g/mol. The molecule has 25 heavy (non-hydrogen) atoms. The van der Waals surface area contributed by atoms with Crippen LogP contribution in [0.3, 0.4) is 0 Å². The van der Waals surface area contributed by atoms with Crippen LogP contribution in [0.15, 0.2) is 36.7 Å². The Hall–Kier alpha value is -2.82. The Morgan fingerprint density at radius 1 is 1.12 bits per heavy atom. The van der Waals surface area contributed by atoms with Crippen molar-refractivity contribution >= 4 is 22.5 Å². The lowest BCUT2D eigenvalue weighted by molar-refractivity contribution is -0.120. The number of aromatic nitrogens is 2. The number of aromatic amines is 1. The Bertz CT molecular complexity index is 884. The van der Waals surface area contributed by atoms with Gasteiger partial charge in [0.15, 0.2) is 0 Å². The number of H-pyrrole nitrogens is 1. The molecule has 5 heteroatoms. The number of nitrogens with zero attached hydrogens (tertiary/aromatic N) is 1. The molecule has 5 nitrogen and oxygen atoms in total. The first-order chi connectivity index (χ1) is 12.1.